The molecule has 18 heavy (non-hydrogen) atoms. The normalized spacial score (nSPS) is 14.4. The Kier molecular flexibility index (Phi) is 4.81. The first kappa shape index (κ1) is 14.0. The summed E-state index contributed by atoms with van der Waals surface area (Å²) in [5, 5.41) is 13.0. The van der Waals surface area contributed by atoms with E-state index in [9.17, 15) is 5.11 Å². The zero-order valence-electron chi connectivity index (χ0n) is 9.51. The Bertz CT molecular complexity index is 518. The van der Waals surface area contributed by atoms with Crippen LogP contribution in [0, 0.1) is 0 Å². The topological polar surface area (TPSA) is 46.2 Å². The van der Waals surface area contributed by atoms with E-state index in [1.807, 2.05) is 29.6 Å². The van der Waals surface area contributed by atoms with Gasteiger partial charge in [-0.05, 0) is 29.6 Å². The lowest BCUT2D eigenvalue weighted by atomic mass is 9.94. The van der Waals surface area contributed by atoms with E-state index < -0.39 is 6.10 Å². The molecule has 0 saturated heterocycles. The van der Waals surface area contributed by atoms with Crippen molar-refractivity contribution in [1.82, 2.24) is 0 Å². The van der Waals surface area contributed by atoms with Gasteiger partial charge in [-0.15, -0.1) is 11.3 Å². The lowest BCUT2D eigenvalue weighted by Crippen LogP contribution is -2.19. The third kappa shape index (κ3) is 2.95. The Labute approximate surface area is 124 Å². The van der Waals surface area contributed by atoms with Gasteiger partial charge in [0.15, 0.2) is 0 Å². The maximum atomic E-state index is 10.5. The number of thiophene rings is 1. The van der Waals surface area contributed by atoms with Crippen LogP contribution < -0.4 is 5.73 Å². The molecule has 0 aliphatic carbocycles. The van der Waals surface area contributed by atoms with E-state index in [4.69, 9.17) is 17.3 Å². The summed E-state index contributed by atoms with van der Waals surface area (Å²) >= 11 is 11.1. The fourth-order valence-corrected chi connectivity index (χ4v) is 3.34. The highest BCUT2D eigenvalue weighted by Gasteiger charge is 2.24. The lowest BCUT2D eigenvalue weighted by Gasteiger charge is -2.21. The third-order valence-corrected chi connectivity index (χ3v) is 4.66. The first-order valence-corrected chi connectivity index (χ1v) is 7.55. The first-order chi connectivity index (χ1) is 8.63. The molecule has 3 N–H and O–H groups in total. The largest absolute Gasteiger partial charge is 0.388 e. The summed E-state index contributed by atoms with van der Waals surface area (Å²) in [6, 6.07) is 9.39. The molecule has 2 aromatic rings. The van der Waals surface area contributed by atoms with Crippen molar-refractivity contribution in [2.24, 2.45) is 5.73 Å². The van der Waals surface area contributed by atoms with Crippen LogP contribution in [0.5, 0.6) is 0 Å². The van der Waals surface area contributed by atoms with Gasteiger partial charge >= 0.3 is 0 Å². The Hall–Kier alpha value is -0.390. The number of halogens is 2. The van der Waals surface area contributed by atoms with Gasteiger partial charge in [0.1, 0.15) is 0 Å². The molecular formula is C13H13BrClNOS. The van der Waals surface area contributed by atoms with Crippen molar-refractivity contribution >= 4 is 38.9 Å². The van der Waals surface area contributed by atoms with E-state index in [2.05, 4.69) is 15.9 Å². The minimum atomic E-state index is -0.696. The summed E-state index contributed by atoms with van der Waals surface area (Å²) in [5.41, 5.74) is 6.49. The van der Waals surface area contributed by atoms with Crippen molar-refractivity contribution in [2.45, 2.75) is 12.0 Å². The van der Waals surface area contributed by atoms with Crippen LogP contribution in [0.3, 0.4) is 0 Å². The van der Waals surface area contributed by atoms with Crippen LogP contribution in [0.2, 0.25) is 5.02 Å². The van der Waals surface area contributed by atoms with Crippen LogP contribution in [0.1, 0.15) is 22.5 Å². The zero-order chi connectivity index (χ0) is 13.1. The van der Waals surface area contributed by atoms with Crippen molar-refractivity contribution in [3.05, 3.63) is 55.6 Å². The molecule has 0 saturated carbocycles. The number of aliphatic hydroxyl groups is 1. The minimum Gasteiger partial charge on any atom is -0.388 e. The Morgan fingerprint density at radius 3 is 2.78 bits per heavy atom. The number of aliphatic hydroxyl groups excluding tert-OH is 1. The van der Waals surface area contributed by atoms with Crippen molar-refractivity contribution in [3.8, 4) is 0 Å². The van der Waals surface area contributed by atoms with Gasteiger partial charge in [0.05, 0.1) is 6.10 Å². The van der Waals surface area contributed by atoms with E-state index in [0.29, 0.717) is 17.1 Å². The van der Waals surface area contributed by atoms with Crippen LogP contribution in [-0.2, 0) is 0 Å². The molecule has 0 bridgehead atoms. The zero-order valence-corrected chi connectivity index (χ0v) is 12.7. The SMILES string of the molecule is NCC(c1cccs1)C(O)c1cc(Br)ccc1Cl. The maximum absolute atomic E-state index is 10.5. The lowest BCUT2D eigenvalue weighted by molar-refractivity contribution is 0.149. The van der Waals surface area contributed by atoms with Crippen LogP contribution in [-0.4, -0.2) is 11.7 Å². The first-order valence-electron chi connectivity index (χ1n) is 5.50. The van der Waals surface area contributed by atoms with Gasteiger partial charge in [0.25, 0.3) is 0 Å². The molecule has 96 valence electrons. The molecule has 0 aliphatic heterocycles. The second kappa shape index (κ2) is 6.17. The van der Waals surface area contributed by atoms with E-state index in [1.54, 1.807) is 17.4 Å². The van der Waals surface area contributed by atoms with Gasteiger partial charge in [-0.25, -0.2) is 0 Å². The number of rotatable bonds is 4. The van der Waals surface area contributed by atoms with E-state index in [0.717, 1.165) is 9.35 Å². The molecule has 0 fully saturated rings. The predicted molar refractivity (Wildman–Crippen MR) is 80.2 cm³/mol. The number of benzene rings is 1. The predicted octanol–water partition coefficient (Wildman–Crippen LogP) is 3.94. The fourth-order valence-electron chi connectivity index (χ4n) is 1.86. The minimum absolute atomic E-state index is 0.128. The van der Waals surface area contributed by atoms with E-state index >= 15 is 0 Å². The Balaban J connectivity index is 2.34. The molecule has 0 spiro atoms. The second-order valence-electron chi connectivity index (χ2n) is 3.97. The number of hydrogen-bond donors (Lipinski definition) is 2. The molecule has 0 amide bonds. The summed E-state index contributed by atoms with van der Waals surface area (Å²) in [7, 11) is 0. The molecule has 1 heterocycles. The highest BCUT2D eigenvalue weighted by molar-refractivity contribution is 9.10. The maximum Gasteiger partial charge on any atom is 0.0893 e. The average Bonchev–Trinajstić information content (AvgIpc) is 2.87. The monoisotopic (exact) mass is 345 g/mol. The van der Waals surface area contributed by atoms with Gasteiger partial charge in [-0.2, -0.15) is 0 Å². The van der Waals surface area contributed by atoms with Gasteiger partial charge in [0.2, 0.25) is 0 Å². The summed E-state index contributed by atoms with van der Waals surface area (Å²) in [6.07, 6.45) is -0.696. The van der Waals surface area contributed by atoms with Gasteiger partial charge in [0, 0.05) is 32.4 Å². The van der Waals surface area contributed by atoms with E-state index in [1.165, 1.54) is 0 Å². The molecule has 5 heteroatoms. The molecule has 2 rings (SSSR count). The van der Waals surface area contributed by atoms with Crippen LogP contribution >= 0.6 is 38.9 Å². The van der Waals surface area contributed by atoms with Gasteiger partial charge in [-0.3, -0.25) is 0 Å². The molecular weight excluding hydrogens is 334 g/mol. The number of hydrogen-bond acceptors (Lipinski definition) is 3. The summed E-state index contributed by atoms with van der Waals surface area (Å²) in [5.74, 6) is -0.128. The Morgan fingerprint density at radius 2 is 2.17 bits per heavy atom. The average molecular weight is 347 g/mol. The Morgan fingerprint density at radius 1 is 1.39 bits per heavy atom. The van der Waals surface area contributed by atoms with Crippen LogP contribution in [0.25, 0.3) is 0 Å². The van der Waals surface area contributed by atoms with Crippen molar-refractivity contribution < 1.29 is 5.11 Å². The molecule has 2 atom stereocenters. The highest BCUT2D eigenvalue weighted by atomic mass is 79.9. The summed E-state index contributed by atoms with van der Waals surface area (Å²) in [4.78, 5) is 1.07. The van der Waals surface area contributed by atoms with Crippen LogP contribution in [0.4, 0.5) is 0 Å². The molecule has 2 nitrogen and oxygen atoms in total. The quantitative estimate of drug-likeness (QED) is 0.881. The van der Waals surface area contributed by atoms with Crippen LogP contribution in [0.15, 0.2) is 40.2 Å². The van der Waals surface area contributed by atoms with Crippen molar-refractivity contribution in [3.63, 3.8) is 0 Å². The standard InChI is InChI=1S/C13H13BrClNOS/c14-8-3-4-11(15)9(6-8)13(17)10(7-16)12-2-1-5-18-12/h1-6,10,13,17H,7,16H2. The summed E-state index contributed by atoms with van der Waals surface area (Å²) < 4.78 is 0.892. The molecule has 0 aliphatic rings. The van der Waals surface area contributed by atoms with Gasteiger partial charge < -0.3 is 10.8 Å². The molecule has 1 aromatic heterocycles. The highest BCUT2D eigenvalue weighted by Crippen LogP contribution is 2.36. The van der Waals surface area contributed by atoms with E-state index in [-0.39, 0.29) is 5.92 Å². The fraction of sp³-hybridized carbons (Fsp3) is 0.231. The smallest absolute Gasteiger partial charge is 0.0893 e. The second-order valence-corrected chi connectivity index (χ2v) is 6.27. The molecule has 1 aromatic carbocycles. The number of nitrogens with two attached hydrogens (primary N) is 1. The molecule has 0 radical (unpaired) electrons. The third-order valence-electron chi connectivity index (χ3n) is 2.82. The summed E-state index contributed by atoms with van der Waals surface area (Å²) in [6.45, 7) is 0.379. The van der Waals surface area contributed by atoms with Gasteiger partial charge in [-0.1, -0.05) is 33.6 Å². The van der Waals surface area contributed by atoms with Crippen molar-refractivity contribution in [2.75, 3.05) is 6.54 Å². The molecule has 2 unspecified atom stereocenters. The van der Waals surface area contributed by atoms with Crippen molar-refractivity contribution in [1.29, 1.82) is 0 Å².